The van der Waals surface area contributed by atoms with Gasteiger partial charge < -0.3 is 19.2 Å². The molecule has 10 heteroatoms. The lowest BCUT2D eigenvalue weighted by Crippen LogP contribution is -2.30. The molecule has 0 fully saturated rings. The average molecular weight is 595 g/mol. The van der Waals surface area contributed by atoms with E-state index in [1.54, 1.807) is 18.2 Å². The third-order valence-corrected chi connectivity index (χ3v) is 8.39. The molecule has 1 heterocycles. The lowest BCUT2D eigenvalue weighted by Gasteiger charge is -2.15. The van der Waals surface area contributed by atoms with Crippen molar-refractivity contribution in [3.63, 3.8) is 0 Å². The van der Waals surface area contributed by atoms with Crippen LogP contribution in [0.25, 0.3) is 32.7 Å². The summed E-state index contributed by atoms with van der Waals surface area (Å²) in [5.74, 6) is -1.08. The topological polar surface area (TPSA) is 124 Å². The first-order chi connectivity index (χ1) is 20.7. The predicted octanol–water partition coefficient (Wildman–Crippen LogP) is 6.73. The second-order valence-corrected chi connectivity index (χ2v) is 11.5. The van der Waals surface area contributed by atoms with Crippen LogP contribution in [-0.2, 0) is 19.6 Å². The van der Waals surface area contributed by atoms with Crippen LogP contribution in [-0.4, -0.2) is 33.5 Å². The van der Waals surface area contributed by atoms with Crippen LogP contribution < -0.4 is 14.8 Å². The molecule has 0 bridgehead atoms. The molecule has 0 radical (unpaired) electrons. The maximum absolute atomic E-state index is 13.4. The number of hydrogen-bond donors (Lipinski definition) is 2. The zero-order valence-corrected chi connectivity index (χ0v) is 24.0. The van der Waals surface area contributed by atoms with Crippen molar-refractivity contribution in [2.75, 3.05) is 17.1 Å². The number of nitrogens with one attached hydrogen (secondary N) is 2. The number of esters is 1. The second-order valence-electron chi connectivity index (χ2n) is 9.84. The summed E-state index contributed by atoms with van der Waals surface area (Å²) in [5.41, 5.74) is 1.85. The van der Waals surface area contributed by atoms with E-state index in [-0.39, 0.29) is 16.1 Å². The van der Waals surface area contributed by atoms with Gasteiger partial charge in [-0.05, 0) is 48.7 Å². The number of carbonyl (C=O) groups excluding carboxylic acids is 2. The van der Waals surface area contributed by atoms with Gasteiger partial charge >= 0.3 is 5.97 Å². The standard InChI is InChI=1S/C33H26N2O7S/c1-20(32(36)34-27-15-8-10-21-9-3-4-13-24(21)27)41-33(37)22-11-7-12-23(17-22)43(38,39)35-28-19-30-26(18-31(28)40-2)25-14-5-6-16-29(25)42-30/h3-20,35H,1-2H3,(H,34,36)/t20-/m0/s1. The van der Waals surface area contributed by atoms with Gasteiger partial charge in [0, 0.05) is 27.9 Å². The van der Waals surface area contributed by atoms with E-state index in [1.807, 2.05) is 60.7 Å². The maximum Gasteiger partial charge on any atom is 0.338 e. The van der Waals surface area contributed by atoms with Gasteiger partial charge in [-0.2, -0.15) is 0 Å². The second kappa shape index (κ2) is 11.1. The Labute approximate surface area is 247 Å². The monoisotopic (exact) mass is 594 g/mol. The molecule has 1 amide bonds. The van der Waals surface area contributed by atoms with E-state index in [0.29, 0.717) is 22.6 Å². The van der Waals surface area contributed by atoms with Gasteiger partial charge in [-0.25, -0.2) is 13.2 Å². The van der Waals surface area contributed by atoms with Crippen LogP contribution in [0.5, 0.6) is 5.75 Å². The average Bonchev–Trinajstić information content (AvgIpc) is 3.38. The van der Waals surface area contributed by atoms with E-state index in [9.17, 15) is 18.0 Å². The maximum atomic E-state index is 13.4. The highest BCUT2D eigenvalue weighted by Crippen LogP contribution is 2.37. The fourth-order valence-corrected chi connectivity index (χ4v) is 5.95. The molecule has 6 rings (SSSR count). The molecule has 0 saturated heterocycles. The molecule has 9 nitrogen and oxygen atoms in total. The van der Waals surface area contributed by atoms with Gasteiger partial charge in [0.1, 0.15) is 16.9 Å². The normalized spacial score (nSPS) is 12.2. The summed E-state index contributed by atoms with van der Waals surface area (Å²) in [5, 5.41) is 6.24. The van der Waals surface area contributed by atoms with Crippen molar-refractivity contribution < 1.29 is 31.9 Å². The lowest BCUT2D eigenvalue weighted by atomic mass is 10.1. The Morgan fingerprint density at radius 3 is 2.30 bits per heavy atom. The predicted molar refractivity (Wildman–Crippen MR) is 165 cm³/mol. The van der Waals surface area contributed by atoms with Gasteiger partial charge in [-0.3, -0.25) is 9.52 Å². The number of ether oxygens (including phenoxy) is 2. The van der Waals surface area contributed by atoms with Crippen molar-refractivity contribution in [3.05, 3.63) is 109 Å². The fourth-order valence-electron chi connectivity index (χ4n) is 4.84. The lowest BCUT2D eigenvalue weighted by molar-refractivity contribution is -0.123. The minimum atomic E-state index is -4.17. The van der Waals surface area contributed by atoms with Gasteiger partial charge in [-0.1, -0.05) is 60.7 Å². The van der Waals surface area contributed by atoms with E-state index >= 15 is 0 Å². The molecule has 1 atom stereocenters. The minimum absolute atomic E-state index is 0.0348. The molecule has 5 aromatic carbocycles. The Hall–Kier alpha value is -5.35. The molecule has 0 saturated carbocycles. The van der Waals surface area contributed by atoms with Gasteiger partial charge in [0.05, 0.1) is 23.3 Å². The number of amides is 1. The van der Waals surface area contributed by atoms with Crippen molar-refractivity contribution in [1.29, 1.82) is 0 Å². The SMILES string of the molecule is COc1cc2c(cc1NS(=O)(=O)c1cccc(C(=O)O[C@@H](C)C(=O)Nc3cccc4ccccc34)c1)oc1ccccc12. The number of hydrogen-bond acceptors (Lipinski definition) is 7. The molecule has 216 valence electrons. The van der Waals surface area contributed by atoms with Crippen LogP contribution in [0.15, 0.2) is 112 Å². The molecule has 6 aromatic rings. The molecule has 0 spiro atoms. The van der Waals surface area contributed by atoms with E-state index in [1.165, 1.54) is 38.3 Å². The third kappa shape index (κ3) is 5.47. The molecular weight excluding hydrogens is 568 g/mol. The minimum Gasteiger partial charge on any atom is -0.495 e. The number of anilines is 2. The molecule has 43 heavy (non-hydrogen) atoms. The Balaban J connectivity index is 1.19. The fraction of sp³-hybridized carbons (Fsp3) is 0.0909. The number of fused-ring (bicyclic) bond motifs is 4. The van der Waals surface area contributed by atoms with Crippen molar-refractivity contribution in [2.24, 2.45) is 0 Å². The number of benzene rings is 5. The molecule has 1 aromatic heterocycles. The molecule has 0 aliphatic heterocycles. The number of carbonyl (C=O) groups is 2. The highest BCUT2D eigenvalue weighted by atomic mass is 32.2. The summed E-state index contributed by atoms with van der Waals surface area (Å²) in [7, 11) is -2.73. The summed E-state index contributed by atoms with van der Waals surface area (Å²) in [6, 6.07) is 29.2. The smallest absolute Gasteiger partial charge is 0.338 e. The van der Waals surface area contributed by atoms with Crippen molar-refractivity contribution in [2.45, 2.75) is 17.9 Å². The third-order valence-electron chi connectivity index (χ3n) is 7.02. The van der Waals surface area contributed by atoms with Crippen LogP contribution in [0.2, 0.25) is 0 Å². The molecular formula is C33H26N2O7S. The summed E-state index contributed by atoms with van der Waals surface area (Å²) >= 11 is 0. The van der Waals surface area contributed by atoms with Crippen LogP contribution >= 0.6 is 0 Å². The van der Waals surface area contributed by atoms with E-state index in [2.05, 4.69) is 10.0 Å². The molecule has 0 aliphatic rings. The first-order valence-corrected chi connectivity index (χ1v) is 14.8. The zero-order valence-electron chi connectivity index (χ0n) is 23.2. The molecule has 2 N–H and O–H groups in total. The van der Waals surface area contributed by atoms with Crippen molar-refractivity contribution in [3.8, 4) is 5.75 Å². The number of para-hydroxylation sites is 1. The Bertz CT molecular complexity index is 2130. The van der Waals surface area contributed by atoms with Crippen LogP contribution in [0.4, 0.5) is 11.4 Å². The Kier molecular flexibility index (Phi) is 7.21. The molecule has 0 unspecified atom stereocenters. The van der Waals surface area contributed by atoms with Crippen LogP contribution in [0.3, 0.4) is 0 Å². The summed E-state index contributed by atoms with van der Waals surface area (Å²) < 4.78 is 46.0. The Morgan fingerprint density at radius 1 is 0.767 bits per heavy atom. The summed E-state index contributed by atoms with van der Waals surface area (Å²) in [6.45, 7) is 1.45. The van der Waals surface area contributed by atoms with Gasteiger partial charge in [0.25, 0.3) is 15.9 Å². The molecule has 0 aliphatic carbocycles. The van der Waals surface area contributed by atoms with Crippen LogP contribution in [0, 0.1) is 0 Å². The van der Waals surface area contributed by atoms with Crippen LogP contribution in [0.1, 0.15) is 17.3 Å². The van der Waals surface area contributed by atoms with E-state index < -0.39 is 28.0 Å². The number of rotatable bonds is 8. The number of sulfonamides is 1. The quantitative estimate of drug-likeness (QED) is 0.187. The Morgan fingerprint density at radius 2 is 1.49 bits per heavy atom. The van der Waals surface area contributed by atoms with Crippen molar-refractivity contribution >= 4 is 66.0 Å². The van der Waals surface area contributed by atoms with Crippen molar-refractivity contribution in [1.82, 2.24) is 0 Å². The van der Waals surface area contributed by atoms with Gasteiger partial charge in [0.15, 0.2) is 6.10 Å². The largest absolute Gasteiger partial charge is 0.495 e. The first-order valence-electron chi connectivity index (χ1n) is 13.4. The number of furan rings is 1. The first kappa shape index (κ1) is 27.8. The number of methoxy groups -OCH3 is 1. The zero-order chi connectivity index (χ0) is 30.1. The summed E-state index contributed by atoms with van der Waals surface area (Å²) in [6.07, 6.45) is -1.15. The van der Waals surface area contributed by atoms with E-state index in [0.717, 1.165) is 21.5 Å². The van der Waals surface area contributed by atoms with Gasteiger partial charge in [0.2, 0.25) is 0 Å². The highest BCUT2D eigenvalue weighted by molar-refractivity contribution is 7.92. The summed E-state index contributed by atoms with van der Waals surface area (Å²) in [4.78, 5) is 25.6. The van der Waals surface area contributed by atoms with Gasteiger partial charge in [-0.15, -0.1) is 0 Å². The highest BCUT2D eigenvalue weighted by Gasteiger charge is 2.23. The van der Waals surface area contributed by atoms with E-state index in [4.69, 9.17) is 13.9 Å².